The van der Waals surface area contributed by atoms with Gasteiger partial charge in [-0.15, -0.1) is 0 Å². The first-order valence-electron chi connectivity index (χ1n) is 7.72. The van der Waals surface area contributed by atoms with E-state index in [1.165, 1.54) is 10.9 Å². The van der Waals surface area contributed by atoms with Gasteiger partial charge in [-0.2, -0.15) is 5.10 Å². The van der Waals surface area contributed by atoms with E-state index in [1.54, 1.807) is 19.2 Å². The zero-order chi connectivity index (χ0) is 18.5. The Bertz CT molecular complexity index is 913. The molecule has 1 N–H and O–H groups in total. The van der Waals surface area contributed by atoms with Crippen LogP contribution in [0.5, 0.6) is 5.75 Å². The van der Waals surface area contributed by atoms with Gasteiger partial charge in [-0.25, -0.2) is 0 Å². The summed E-state index contributed by atoms with van der Waals surface area (Å²) in [6.45, 7) is 0.545. The first kappa shape index (κ1) is 17.2. The van der Waals surface area contributed by atoms with E-state index in [0.29, 0.717) is 12.3 Å². The van der Waals surface area contributed by atoms with E-state index in [4.69, 9.17) is 9.15 Å². The van der Waals surface area contributed by atoms with Crippen molar-refractivity contribution in [1.82, 2.24) is 15.1 Å². The van der Waals surface area contributed by atoms with Crippen LogP contribution in [-0.4, -0.2) is 27.7 Å². The van der Waals surface area contributed by atoms with Crippen LogP contribution in [0.4, 0.5) is 5.69 Å². The largest absolute Gasteiger partial charge is 0.497 e. The Balaban J connectivity index is 1.57. The van der Waals surface area contributed by atoms with Gasteiger partial charge in [0.15, 0.2) is 5.76 Å². The molecule has 9 nitrogen and oxygen atoms in total. The molecule has 0 spiro atoms. The van der Waals surface area contributed by atoms with Crippen LogP contribution in [0.3, 0.4) is 0 Å². The van der Waals surface area contributed by atoms with Gasteiger partial charge in [-0.3, -0.25) is 19.6 Å². The van der Waals surface area contributed by atoms with Crippen molar-refractivity contribution in [3.05, 3.63) is 76.0 Å². The SMILES string of the molecule is COc1ccc(CNC(=O)c2ccc(Cn3cc([N+](=O)[O-])cn3)o2)cc1. The molecule has 3 rings (SSSR count). The predicted molar refractivity (Wildman–Crippen MR) is 90.9 cm³/mol. The summed E-state index contributed by atoms with van der Waals surface area (Å²) in [5, 5.41) is 17.3. The van der Waals surface area contributed by atoms with E-state index in [2.05, 4.69) is 10.4 Å². The molecule has 1 amide bonds. The average Bonchev–Trinajstić information content (AvgIpc) is 3.30. The quantitative estimate of drug-likeness (QED) is 0.514. The third kappa shape index (κ3) is 4.07. The van der Waals surface area contributed by atoms with Crippen LogP contribution < -0.4 is 10.1 Å². The molecule has 0 aliphatic rings. The minimum Gasteiger partial charge on any atom is -0.497 e. The number of ether oxygens (including phenoxy) is 1. The molecule has 3 aromatic rings. The van der Waals surface area contributed by atoms with Crippen LogP contribution in [0.25, 0.3) is 0 Å². The number of hydrogen-bond donors (Lipinski definition) is 1. The third-order valence-corrected chi connectivity index (χ3v) is 3.65. The van der Waals surface area contributed by atoms with E-state index in [0.717, 1.165) is 17.5 Å². The number of nitrogens with one attached hydrogen (secondary N) is 1. The molecule has 26 heavy (non-hydrogen) atoms. The molecular formula is C17H16N4O5. The predicted octanol–water partition coefficient (Wildman–Crippen LogP) is 2.37. The molecule has 0 aliphatic heterocycles. The molecule has 0 aliphatic carbocycles. The summed E-state index contributed by atoms with van der Waals surface area (Å²) >= 11 is 0. The van der Waals surface area contributed by atoms with Crippen LogP contribution in [0.2, 0.25) is 0 Å². The minimum atomic E-state index is -0.524. The molecule has 0 atom stereocenters. The molecule has 0 saturated heterocycles. The number of hydrogen-bond acceptors (Lipinski definition) is 6. The fraction of sp³-hybridized carbons (Fsp3) is 0.176. The maximum absolute atomic E-state index is 12.2. The summed E-state index contributed by atoms with van der Waals surface area (Å²) in [6, 6.07) is 10.5. The maximum atomic E-state index is 12.2. The van der Waals surface area contributed by atoms with Crippen molar-refractivity contribution in [2.24, 2.45) is 0 Å². The zero-order valence-electron chi connectivity index (χ0n) is 13.9. The third-order valence-electron chi connectivity index (χ3n) is 3.65. The Morgan fingerprint density at radius 1 is 1.31 bits per heavy atom. The van der Waals surface area contributed by atoms with Gasteiger partial charge in [0.2, 0.25) is 0 Å². The zero-order valence-corrected chi connectivity index (χ0v) is 13.9. The van der Waals surface area contributed by atoms with Crippen LogP contribution in [0.1, 0.15) is 21.9 Å². The first-order chi connectivity index (χ1) is 12.5. The molecule has 0 saturated carbocycles. The van der Waals surface area contributed by atoms with Crippen LogP contribution in [-0.2, 0) is 13.1 Å². The second kappa shape index (κ2) is 7.51. The number of carbonyl (C=O) groups excluding carboxylic acids is 1. The molecule has 2 aromatic heterocycles. The maximum Gasteiger partial charge on any atom is 0.307 e. The number of methoxy groups -OCH3 is 1. The van der Waals surface area contributed by atoms with Crippen molar-refractivity contribution in [3.8, 4) is 5.75 Å². The second-order valence-corrected chi connectivity index (χ2v) is 5.45. The van der Waals surface area contributed by atoms with E-state index in [9.17, 15) is 14.9 Å². The Morgan fingerprint density at radius 3 is 2.73 bits per heavy atom. The van der Waals surface area contributed by atoms with Gasteiger partial charge < -0.3 is 14.5 Å². The molecule has 2 heterocycles. The number of furan rings is 1. The smallest absolute Gasteiger partial charge is 0.307 e. The monoisotopic (exact) mass is 356 g/mol. The van der Waals surface area contributed by atoms with Crippen LogP contribution in [0.15, 0.2) is 53.2 Å². The van der Waals surface area contributed by atoms with Crippen LogP contribution >= 0.6 is 0 Å². The summed E-state index contributed by atoms with van der Waals surface area (Å²) in [5.41, 5.74) is 0.823. The number of amides is 1. The molecular weight excluding hydrogens is 340 g/mol. The first-order valence-corrected chi connectivity index (χ1v) is 7.72. The minimum absolute atomic E-state index is 0.103. The highest BCUT2D eigenvalue weighted by Gasteiger charge is 2.13. The van der Waals surface area contributed by atoms with E-state index < -0.39 is 4.92 Å². The van der Waals surface area contributed by atoms with Gasteiger partial charge >= 0.3 is 5.69 Å². The molecule has 0 bridgehead atoms. The lowest BCUT2D eigenvalue weighted by atomic mass is 10.2. The lowest BCUT2D eigenvalue weighted by molar-refractivity contribution is -0.385. The van der Waals surface area contributed by atoms with E-state index in [1.807, 2.05) is 24.3 Å². The van der Waals surface area contributed by atoms with Gasteiger partial charge in [0.25, 0.3) is 5.91 Å². The number of nitrogens with zero attached hydrogens (tertiary/aromatic N) is 3. The van der Waals surface area contributed by atoms with Crippen molar-refractivity contribution < 1.29 is 18.9 Å². The van der Waals surface area contributed by atoms with Gasteiger partial charge in [-0.1, -0.05) is 12.1 Å². The van der Waals surface area contributed by atoms with Crippen molar-refractivity contribution in [1.29, 1.82) is 0 Å². The molecule has 0 fully saturated rings. The number of carbonyl (C=O) groups is 1. The van der Waals surface area contributed by atoms with Gasteiger partial charge in [-0.05, 0) is 29.8 Å². The van der Waals surface area contributed by atoms with Crippen molar-refractivity contribution >= 4 is 11.6 Å². The van der Waals surface area contributed by atoms with Gasteiger partial charge in [0.1, 0.15) is 23.9 Å². The van der Waals surface area contributed by atoms with E-state index in [-0.39, 0.29) is 23.9 Å². The Kier molecular flexibility index (Phi) is 4.97. The highest BCUT2D eigenvalue weighted by Crippen LogP contribution is 2.14. The number of aromatic nitrogens is 2. The normalized spacial score (nSPS) is 10.5. The number of benzene rings is 1. The average molecular weight is 356 g/mol. The topological polar surface area (TPSA) is 112 Å². The molecule has 9 heteroatoms. The van der Waals surface area contributed by atoms with Crippen LogP contribution in [0, 0.1) is 10.1 Å². The Labute approximate surface area is 148 Å². The molecule has 134 valence electrons. The summed E-state index contributed by atoms with van der Waals surface area (Å²) in [4.78, 5) is 22.3. The standard InChI is InChI=1S/C17H16N4O5/c1-25-14-4-2-12(3-5-14)8-18-17(22)16-7-6-15(26-16)11-20-10-13(9-19-20)21(23)24/h2-7,9-10H,8,11H2,1H3,(H,18,22). The van der Waals surface area contributed by atoms with E-state index >= 15 is 0 Å². The fourth-order valence-electron chi connectivity index (χ4n) is 2.29. The summed E-state index contributed by atoms with van der Waals surface area (Å²) in [6.07, 6.45) is 2.46. The molecule has 0 radical (unpaired) electrons. The second-order valence-electron chi connectivity index (χ2n) is 5.45. The summed E-state index contributed by atoms with van der Waals surface area (Å²) in [5.74, 6) is 1.03. The van der Waals surface area contributed by atoms with Crippen molar-refractivity contribution in [2.75, 3.05) is 7.11 Å². The highest BCUT2D eigenvalue weighted by molar-refractivity contribution is 5.91. The molecule has 1 aromatic carbocycles. The lowest BCUT2D eigenvalue weighted by Crippen LogP contribution is -2.22. The lowest BCUT2D eigenvalue weighted by Gasteiger charge is -2.05. The van der Waals surface area contributed by atoms with Crippen molar-refractivity contribution in [3.63, 3.8) is 0 Å². The Morgan fingerprint density at radius 2 is 2.08 bits per heavy atom. The Hall–Kier alpha value is -3.62. The van der Waals surface area contributed by atoms with Gasteiger partial charge in [0, 0.05) is 6.54 Å². The molecule has 0 unspecified atom stereocenters. The summed E-state index contributed by atoms with van der Waals surface area (Å²) in [7, 11) is 1.59. The summed E-state index contributed by atoms with van der Waals surface area (Å²) < 4.78 is 11.9. The number of rotatable bonds is 7. The fourth-order valence-corrected chi connectivity index (χ4v) is 2.29. The highest BCUT2D eigenvalue weighted by atomic mass is 16.6. The van der Waals surface area contributed by atoms with Gasteiger partial charge in [0.05, 0.1) is 18.6 Å². The number of nitro groups is 1. The van der Waals surface area contributed by atoms with Crippen molar-refractivity contribution in [2.45, 2.75) is 13.1 Å².